The minimum atomic E-state index is -0.0698. The van der Waals surface area contributed by atoms with E-state index in [2.05, 4.69) is 21.2 Å². The number of nitrogens with one attached hydrogen (secondary N) is 1. The molecule has 4 nitrogen and oxygen atoms in total. The van der Waals surface area contributed by atoms with Crippen LogP contribution in [0.5, 0.6) is 5.75 Å². The van der Waals surface area contributed by atoms with Gasteiger partial charge < -0.3 is 10.1 Å². The first-order valence-electron chi connectivity index (χ1n) is 11.2. The number of benzene rings is 4. The van der Waals surface area contributed by atoms with Crippen LogP contribution in [0.15, 0.2) is 119 Å². The Bertz CT molecular complexity index is 1410. The van der Waals surface area contributed by atoms with E-state index >= 15 is 0 Å². The molecule has 0 aromatic heterocycles. The number of hydrogen-bond acceptors (Lipinski definition) is 3. The second kappa shape index (κ2) is 10.0. The number of ether oxygens (including phenoxy) is 1. The number of amides is 1. The summed E-state index contributed by atoms with van der Waals surface area (Å²) in [6, 6.07) is 33.6. The molecule has 172 valence electrons. The van der Waals surface area contributed by atoms with Gasteiger partial charge in [-0.25, -0.2) is 0 Å². The van der Waals surface area contributed by atoms with Crippen LogP contribution in [0.25, 0.3) is 11.8 Å². The first-order valence-corrected chi connectivity index (χ1v) is 12.0. The average Bonchev–Trinajstić information content (AvgIpc) is 3.21. The largest absolute Gasteiger partial charge is 0.496 e. The second-order valence-electron chi connectivity index (χ2n) is 8.07. The Hall–Kier alpha value is -4.09. The molecule has 4 aromatic rings. The molecule has 35 heavy (non-hydrogen) atoms. The second-order valence-corrected chi connectivity index (χ2v) is 8.92. The zero-order valence-electron chi connectivity index (χ0n) is 19.1. The third-order valence-electron chi connectivity index (χ3n) is 5.74. The van der Waals surface area contributed by atoms with Crippen LogP contribution in [-0.4, -0.2) is 13.0 Å². The quantitative estimate of drug-likeness (QED) is 0.264. The smallest absolute Gasteiger partial charge is 0.262 e. The topological polar surface area (TPSA) is 41.6 Å². The van der Waals surface area contributed by atoms with Gasteiger partial charge >= 0.3 is 0 Å². The number of carbonyl (C=O) groups excluding carboxylic acids is 1. The molecule has 5 rings (SSSR count). The van der Waals surface area contributed by atoms with Gasteiger partial charge in [-0.3, -0.25) is 9.69 Å². The molecular weight excluding hydrogens is 500 g/mol. The summed E-state index contributed by atoms with van der Waals surface area (Å²) in [6.07, 6.45) is 3.85. The SMILES string of the molecule is COc1ccc(/C=C2\C=C(c3ccccc3)N(c3ccc(Nc4ccccc4)cc3)C2=O)cc1Br. The van der Waals surface area contributed by atoms with Crippen molar-refractivity contribution in [1.29, 1.82) is 0 Å². The van der Waals surface area contributed by atoms with Crippen LogP contribution in [0.3, 0.4) is 0 Å². The highest BCUT2D eigenvalue weighted by Gasteiger charge is 2.30. The minimum Gasteiger partial charge on any atom is -0.496 e. The maximum Gasteiger partial charge on any atom is 0.262 e. The van der Waals surface area contributed by atoms with Crippen LogP contribution < -0.4 is 15.0 Å². The number of anilines is 3. The van der Waals surface area contributed by atoms with Gasteiger partial charge in [-0.05, 0) is 87.7 Å². The van der Waals surface area contributed by atoms with Crippen molar-refractivity contribution >= 4 is 50.7 Å². The summed E-state index contributed by atoms with van der Waals surface area (Å²) >= 11 is 3.53. The molecule has 1 aliphatic rings. The van der Waals surface area contributed by atoms with Crippen molar-refractivity contribution in [3.8, 4) is 5.75 Å². The van der Waals surface area contributed by atoms with E-state index in [0.717, 1.165) is 44.1 Å². The van der Waals surface area contributed by atoms with Gasteiger partial charge in [-0.15, -0.1) is 0 Å². The molecule has 0 aliphatic carbocycles. The number of carbonyl (C=O) groups is 1. The molecule has 1 amide bonds. The number of nitrogens with zero attached hydrogens (tertiary/aromatic N) is 1. The van der Waals surface area contributed by atoms with Crippen molar-refractivity contribution in [2.24, 2.45) is 0 Å². The lowest BCUT2D eigenvalue weighted by molar-refractivity contribution is -0.113. The molecule has 0 unspecified atom stereocenters. The lowest BCUT2D eigenvalue weighted by Gasteiger charge is -2.21. The Kier molecular flexibility index (Phi) is 6.51. The monoisotopic (exact) mass is 522 g/mol. The van der Waals surface area contributed by atoms with Crippen LogP contribution in [-0.2, 0) is 4.79 Å². The Labute approximate surface area is 213 Å². The molecule has 1 N–H and O–H groups in total. The maximum atomic E-state index is 13.6. The van der Waals surface area contributed by atoms with Crippen LogP contribution in [0.2, 0.25) is 0 Å². The number of methoxy groups -OCH3 is 1. The summed E-state index contributed by atoms with van der Waals surface area (Å²) in [5.41, 5.74) is 6.13. The normalized spacial score (nSPS) is 14.2. The first-order chi connectivity index (χ1) is 17.1. The molecule has 0 atom stereocenters. The first kappa shape index (κ1) is 22.7. The van der Waals surface area contributed by atoms with Gasteiger partial charge in [-0.2, -0.15) is 0 Å². The number of hydrogen-bond donors (Lipinski definition) is 1. The Morgan fingerprint density at radius 3 is 2.14 bits per heavy atom. The van der Waals surface area contributed by atoms with Gasteiger partial charge in [0, 0.05) is 22.6 Å². The fraction of sp³-hybridized carbons (Fsp3) is 0.0333. The maximum absolute atomic E-state index is 13.6. The van der Waals surface area contributed by atoms with E-state index in [1.807, 2.05) is 115 Å². The van der Waals surface area contributed by atoms with E-state index in [1.54, 1.807) is 12.0 Å². The van der Waals surface area contributed by atoms with E-state index in [9.17, 15) is 4.79 Å². The Morgan fingerprint density at radius 2 is 1.49 bits per heavy atom. The summed E-state index contributed by atoms with van der Waals surface area (Å²) in [6.45, 7) is 0. The van der Waals surface area contributed by atoms with Crippen LogP contribution in [0.4, 0.5) is 17.1 Å². The van der Waals surface area contributed by atoms with Gasteiger partial charge in [0.1, 0.15) is 5.75 Å². The van der Waals surface area contributed by atoms with Crippen molar-refractivity contribution in [2.75, 3.05) is 17.3 Å². The summed E-state index contributed by atoms with van der Waals surface area (Å²) in [7, 11) is 1.63. The molecular formula is C30H23BrN2O2. The van der Waals surface area contributed by atoms with E-state index in [-0.39, 0.29) is 5.91 Å². The standard InChI is InChI=1S/C30H23BrN2O2/c1-35-29-17-12-21(19-27(29)31)18-23-20-28(22-8-4-2-5-9-22)33(30(23)34)26-15-13-25(14-16-26)32-24-10-6-3-7-11-24/h2-20,32H,1H3/b23-18+. The molecule has 0 fully saturated rings. The molecule has 5 heteroatoms. The van der Waals surface area contributed by atoms with Crippen molar-refractivity contribution in [1.82, 2.24) is 0 Å². The van der Waals surface area contributed by atoms with Crippen LogP contribution in [0, 0.1) is 0 Å². The molecule has 0 spiro atoms. The Balaban J connectivity index is 1.49. The van der Waals surface area contributed by atoms with Crippen molar-refractivity contribution in [2.45, 2.75) is 0 Å². The molecule has 0 saturated heterocycles. The average molecular weight is 523 g/mol. The zero-order valence-corrected chi connectivity index (χ0v) is 20.7. The predicted molar refractivity (Wildman–Crippen MR) is 147 cm³/mol. The molecule has 4 aromatic carbocycles. The fourth-order valence-corrected chi connectivity index (χ4v) is 4.59. The molecule has 0 radical (unpaired) electrons. The summed E-state index contributed by atoms with van der Waals surface area (Å²) in [5.74, 6) is 0.677. The molecule has 0 bridgehead atoms. The minimum absolute atomic E-state index is 0.0698. The number of halogens is 1. The molecule has 1 heterocycles. The van der Waals surface area contributed by atoms with E-state index < -0.39 is 0 Å². The van der Waals surface area contributed by atoms with E-state index in [4.69, 9.17) is 4.74 Å². The highest BCUT2D eigenvalue weighted by molar-refractivity contribution is 9.10. The van der Waals surface area contributed by atoms with E-state index in [1.165, 1.54) is 0 Å². The number of para-hydroxylation sites is 1. The summed E-state index contributed by atoms with van der Waals surface area (Å²) < 4.78 is 6.17. The van der Waals surface area contributed by atoms with Gasteiger partial charge in [0.25, 0.3) is 5.91 Å². The van der Waals surface area contributed by atoms with Crippen molar-refractivity contribution < 1.29 is 9.53 Å². The Morgan fingerprint density at radius 1 is 0.829 bits per heavy atom. The fourth-order valence-electron chi connectivity index (χ4n) is 4.03. The van der Waals surface area contributed by atoms with E-state index in [0.29, 0.717) is 5.57 Å². The van der Waals surface area contributed by atoms with Gasteiger partial charge in [-0.1, -0.05) is 54.6 Å². The third kappa shape index (κ3) is 4.91. The third-order valence-corrected chi connectivity index (χ3v) is 6.36. The van der Waals surface area contributed by atoms with Crippen molar-refractivity contribution in [3.05, 3.63) is 130 Å². The lowest BCUT2D eigenvalue weighted by atomic mass is 10.1. The molecule has 1 aliphatic heterocycles. The van der Waals surface area contributed by atoms with Gasteiger partial charge in [0.2, 0.25) is 0 Å². The van der Waals surface area contributed by atoms with Gasteiger partial charge in [0.05, 0.1) is 17.3 Å². The molecule has 0 saturated carbocycles. The zero-order chi connectivity index (χ0) is 24.2. The predicted octanol–water partition coefficient (Wildman–Crippen LogP) is 7.67. The summed E-state index contributed by atoms with van der Waals surface area (Å²) in [5, 5.41) is 3.39. The lowest BCUT2D eigenvalue weighted by Crippen LogP contribution is -2.24. The summed E-state index contributed by atoms with van der Waals surface area (Å²) in [4.78, 5) is 15.4. The van der Waals surface area contributed by atoms with Crippen LogP contribution >= 0.6 is 15.9 Å². The van der Waals surface area contributed by atoms with Crippen molar-refractivity contribution in [3.63, 3.8) is 0 Å². The highest BCUT2D eigenvalue weighted by Crippen LogP contribution is 2.36. The highest BCUT2D eigenvalue weighted by atomic mass is 79.9. The van der Waals surface area contributed by atoms with Crippen LogP contribution in [0.1, 0.15) is 11.1 Å². The number of rotatable bonds is 6. The van der Waals surface area contributed by atoms with Gasteiger partial charge in [0.15, 0.2) is 0 Å².